The second-order valence-corrected chi connectivity index (χ2v) is 6.14. The summed E-state index contributed by atoms with van der Waals surface area (Å²) in [4.78, 5) is 2.43. The Hall–Kier alpha value is -0.540. The number of nitrogens with one attached hydrogen (secondary N) is 1. The van der Waals surface area contributed by atoms with Crippen LogP contribution in [0, 0.1) is 0 Å². The molecule has 2 aliphatic rings. The average Bonchev–Trinajstić information content (AvgIpc) is 2.76. The summed E-state index contributed by atoms with van der Waals surface area (Å²) in [5.74, 6) is 0.730. The van der Waals surface area contributed by atoms with E-state index in [0.717, 1.165) is 12.5 Å². The lowest BCUT2D eigenvalue weighted by Crippen LogP contribution is -2.29. The number of piperidine rings is 1. The molecule has 92 valence electrons. The van der Waals surface area contributed by atoms with Gasteiger partial charge in [-0.25, -0.2) is 0 Å². The number of hydrogen-bond acceptors (Lipinski definition) is 2. The quantitative estimate of drug-likeness (QED) is 0.855. The van der Waals surface area contributed by atoms with Gasteiger partial charge in [-0.2, -0.15) is 0 Å². The molecule has 1 saturated heterocycles. The van der Waals surface area contributed by atoms with Gasteiger partial charge in [-0.3, -0.25) is 0 Å². The van der Waals surface area contributed by atoms with E-state index in [0.29, 0.717) is 0 Å². The fourth-order valence-electron chi connectivity index (χ4n) is 2.97. The molecule has 2 heterocycles. The summed E-state index contributed by atoms with van der Waals surface area (Å²) in [6, 6.07) is 4.70. The van der Waals surface area contributed by atoms with E-state index in [4.69, 9.17) is 0 Å². The summed E-state index contributed by atoms with van der Waals surface area (Å²) >= 11 is 3.76. The first-order chi connectivity index (χ1) is 8.24. The van der Waals surface area contributed by atoms with Crippen molar-refractivity contribution in [2.75, 3.05) is 32.0 Å². The predicted molar refractivity (Wildman–Crippen MR) is 75.8 cm³/mol. The normalized spacial score (nSPS) is 21.3. The highest BCUT2D eigenvalue weighted by Crippen LogP contribution is 2.37. The van der Waals surface area contributed by atoms with Gasteiger partial charge in [-0.1, -0.05) is 15.9 Å². The third-order valence-electron chi connectivity index (χ3n) is 4.09. The molecule has 0 radical (unpaired) electrons. The van der Waals surface area contributed by atoms with Gasteiger partial charge in [0.1, 0.15) is 0 Å². The highest BCUT2D eigenvalue weighted by molar-refractivity contribution is 9.10. The summed E-state index contributed by atoms with van der Waals surface area (Å²) < 4.78 is 1.31. The van der Waals surface area contributed by atoms with Crippen molar-refractivity contribution in [2.24, 2.45) is 0 Å². The fourth-order valence-corrected chi connectivity index (χ4v) is 3.68. The van der Waals surface area contributed by atoms with Crippen molar-refractivity contribution in [3.8, 4) is 0 Å². The lowest BCUT2D eigenvalue weighted by atomic mass is 9.89. The van der Waals surface area contributed by atoms with Gasteiger partial charge in [0, 0.05) is 16.7 Å². The Bertz CT molecular complexity index is 422. The number of rotatable bonds is 1. The van der Waals surface area contributed by atoms with E-state index in [1.807, 2.05) is 0 Å². The average molecular weight is 295 g/mol. The van der Waals surface area contributed by atoms with Crippen molar-refractivity contribution >= 4 is 21.6 Å². The molecule has 0 aliphatic carbocycles. The number of nitrogens with zero attached hydrogens (tertiary/aromatic N) is 1. The number of hydrogen-bond donors (Lipinski definition) is 1. The largest absolute Gasteiger partial charge is 0.384 e. The molecule has 17 heavy (non-hydrogen) atoms. The SMILES string of the molecule is CN1CCC(c2cc3c(cc2Br)CCN3)CC1. The molecule has 0 unspecified atom stereocenters. The van der Waals surface area contributed by atoms with Crippen LogP contribution < -0.4 is 5.32 Å². The molecule has 0 saturated carbocycles. The van der Waals surface area contributed by atoms with Crippen molar-refractivity contribution < 1.29 is 0 Å². The Balaban J connectivity index is 1.87. The van der Waals surface area contributed by atoms with Crippen molar-refractivity contribution in [1.82, 2.24) is 4.90 Å². The maximum absolute atomic E-state index is 3.76. The number of benzene rings is 1. The van der Waals surface area contributed by atoms with E-state index in [1.54, 1.807) is 0 Å². The van der Waals surface area contributed by atoms with Crippen molar-refractivity contribution in [3.05, 3.63) is 27.7 Å². The van der Waals surface area contributed by atoms with Crippen molar-refractivity contribution in [2.45, 2.75) is 25.2 Å². The van der Waals surface area contributed by atoms with Gasteiger partial charge in [0.2, 0.25) is 0 Å². The van der Waals surface area contributed by atoms with E-state index < -0.39 is 0 Å². The Morgan fingerprint density at radius 2 is 2.06 bits per heavy atom. The Morgan fingerprint density at radius 3 is 2.82 bits per heavy atom. The number of fused-ring (bicyclic) bond motifs is 1. The fraction of sp³-hybridized carbons (Fsp3) is 0.571. The van der Waals surface area contributed by atoms with Crippen LogP contribution >= 0.6 is 15.9 Å². The molecule has 0 bridgehead atoms. The molecule has 1 N–H and O–H groups in total. The minimum absolute atomic E-state index is 0.730. The second-order valence-electron chi connectivity index (χ2n) is 5.29. The molecule has 0 spiro atoms. The van der Waals surface area contributed by atoms with Crippen molar-refractivity contribution in [1.29, 1.82) is 0 Å². The topological polar surface area (TPSA) is 15.3 Å². The summed E-state index contributed by atoms with van der Waals surface area (Å²) in [6.45, 7) is 3.54. The van der Waals surface area contributed by atoms with Crippen LogP contribution in [0.4, 0.5) is 5.69 Å². The van der Waals surface area contributed by atoms with Gasteiger partial charge in [-0.05, 0) is 68.6 Å². The standard InChI is InChI=1S/C14H19BrN2/c1-17-6-3-10(4-7-17)12-9-14-11(2-5-16-14)8-13(12)15/h8-10,16H,2-7H2,1H3. The van der Waals surface area contributed by atoms with Crippen LogP contribution in [0.2, 0.25) is 0 Å². The molecule has 1 fully saturated rings. The first-order valence-corrected chi connectivity index (χ1v) is 7.28. The van der Waals surface area contributed by atoms with Crippen LogP contribution in [-0.2, 0) is 6.42 Å². The van der Waals surface area contributed by atoms with E-state index >= 15 is 0 Å². The highest BCUT2D eigenvalue weighted by atomic mass is 79.9. The van der Waals surface area contributed by atoms with Gasteiger partial charge < -0.3 is 10.2 Å². The van der Waals surface area contributed by atoms with Crippen LogP contribution in [0.1, 0.15) is 29.9 Å². The Kier molecular flexibility index (Phi) is 3.14. The molecular weight excluding hydrogens is 276 g/mol. The summed E-state index contributed by atoms with van der Waals surface area (Å²) in [7, 11) is 2.22. The monoisotopic (exact) mass is 294 g/mol. The first-order valence-electron chi connectivity index (χ1n) is 6.49. The molecule has 2 aliphatic heterocycles. The smallest absolute Gasteiger partial charge is 0.0377 e. The number of anilines is 1. The summed E-state index contributed by atoms with van der Waals surface area (Å²) in [5.41, 5.74) is 4.34. The van der Waals surface area contributed by atoms with Crippen LogP contribution in [0.5, 0.6) is 0 Å². The van der Waals surface area contributed by atoms with Crippen LogP contribution in [0.3, 0.4) is 0 Å². The maximum Gasteiger partial charge on any atom is 0.0377 e. The van der Waals surface area contributed by atoms with Crippen LogP contribution in [-0.4, -0.2) is 31.6 Å². The van der Waals surface area contributed by atoms with E-state index in [1.165, 1.54) is 53.6 Å². The maximum atomic E-state index is 3.76. The van der Waals surface area contributed by atoms with Crippen LogP contribution in [0.15, 0.2) is 16.6 Å². The Labute approximate surface area is 112 Å². The van der Waals surface area contributed by atoms with E-state index in [-0.39, 0.29) is 0 Å². The van der Waals surface area contributed by atoms with Gasteiger partial charge in [0.15, 0.2) is 0 Å². The molecule has 2 nitrogen and oxygen atoms in total. The van der Waals surface area contributed by atoms with Gasteiger partial charge >= 0.3 is 0 Å². The lowest BCUT2D eigenvalue weighted by molar-refractivity contribution is 0.255. The zero-order valence-electron chi connectivity index (χ0n) is 10.3. The van der Waals surface area contributed by atoms with Gasteiger partial charge in [0.25, 0.3) is 0 Å². The zero-order valence-corrected chi connectivity index (χ0v) is 11.9. The molecule has 0 atom stereocenters. The van der Waals surface area contributed by atoms with Crippen LogP contribution in [0.25, 0.3) is 0 Å². The minimum Gasteiger partial charge on any atom is -0.384 e. The van der Waals surface area contributed by atoms with Crippen molar-refractivity contribution in [3.63, 3.8) is 0 Å². The summed E-state index contributed by atoms with van der Waals surface area (Å²) in [6.07, 6.45) is 3.74. The lowest BCUT2D eigenvalue weighted by Gasteiger charge is -2.30. The van der Waals surface area contributed by atoms with E-state index in [2.05, 4.69) is 45.3 Å². The van der Waals surface area contributed by atoms with E-state index in [9.17, 15) is 0 Å². The number of likely N-dealkylation sites (tertiary alicyclic amines) is 1. The molecule has 1 aromatic rings. The van der Waals surface area contributed by atoms with Gasteiger partial charge in [0.05, 0.1) is 0 Å². The molecule has 0 aromatic heterocycles. The third kappa shape index (κ3) is 2.23. The molecule has 1 aromatic carbocycles. The Morgan fingerprint density at radius 1 is 1.29 bits per heavy atom. The first kappa shape index (κ1) is 11.5. The molecule has 3 heteroatoms. The third-order valence-corrected chi connectivity index (χ3v) is 4.78. The predicted octanol–water partition coefficient (Wildman–Crippen LogP) is 3.23. The molecule has 3 rings (SSSR count). The molecular formula is C14H19BrN2. The second kappa shape index (κ2) is 4.62. The summed E-state index contributed by atoms with van der Waals surface area (Å²) in [5, 5.41) is 3.48. The highest BCUT2D eigenvalue weighted by Gasteiger charge is 2.22. The number of halogens is 1. The molecule has 0 amide bonds. The minimum atomic E-state index is 0.730. The van der Waals surface area contributed by atoms with Gasteiger partial charge in [-0.15, -0.1) is 0 Å². The zero-order chi connectivity index (χ0) is 11.8.